The van der Waals surface area contributed by atoms with E-state index in [9.17, 15) is 5.11 Å². The summed E-state index contributed by atoms with van der Waals surface area (Å²) in [5.74, 6) is 0. The molecule has 1 N–H and O–H groups in total. The van der Waals surface area contributed by atoms with Crippen molar-refractivity contribution in [1.29, 1.82) is 0 Å². The quantitative estimate of drug-likeness (QED) is 0.781. The molecule has 0 bridgehead atoms. The Hall–Kier alpha value is -1.71. The third kappa shape index (κ3) is 2.39. The molecule has 3 aromatic rings. The lowest BCUT2D eigenvalue weighted by atomic mass is 10.1. The van der Waals surface area contributed by atoms with Crippen molar-refractivity contribution in [3.8, 4) is 0 Å². The van der Waals surface area contributed by atoms with Gasteiger partial charge in [0.25, 0.3) is 0 Å². The van der Waals surface area contributed by atoms with Gasteiger partial charge in [-0.1, -0.05) is 25.1 Å². The first kappa shape index (κ1) is 12.3. The van der Waals surface area contributed by atoms with E-state index in [1.165, 1.54) is 4.88 Å². The molecule has 2 aromatic heterocycles. The Balaban J connectivity index is 1.98. The molecular formula is C16H15NOS. The SMILES string of the molecule is CCc1ccc(C(O)c2ccc3cccnc3c2)s1. The van der Waals surface area contributed by atoms with E-state index in [-0.39, 0.29) is 0 Å². The van der Waals surface area contributed by atoms with Gasteiger partial charge in [0.15, 0.2) is 0 Å². The molecule has 3 heteroatoms. The predicted octanol–water partition coefficient (Wildman–Crippen LogP) is 3.94. The summed E-state index contributed by atoms with van der Waals surface area (Å²) in [6.45, 7) is 2.13. The van der Waals surface area contributed by atoms with Crippen LogP contribution in [0.3, 0.4) is 0 Å². The molecule has 96 valence electrons. The number of fused-ring (bicyclic) bond motifs is 1. The van der Waals surface area contributed by atoms with Gasteiger partial charge in [0.2, 0.25) is 0 Å². The van der Waals surface area contributed by atoms with Gasteiger partial charge in [-0.15, -0.1) is 11.3 Å². The van der Waals surface area contributed by atoms with Crippen molar-refractivity contribution < 1.29 is 5.11 Å². The average Bonchev–Trinajstić information content (AvgIpc) is 2.95. The van der Waals surface area contributed by atoms with Crippen molar-refractivity contribution in [3.05, 3.63) is 64.0 Å². The van der Waals surface area contributed by atoms with Crippen molar-refractivity contribution in [2.24, 2.45) is 0 Å². The van der Waals surface area contributed by atoms with E-state index in [1.54, 1.807) is 17.5 Å². The Morgan fingerprint density at radius 3 is 2.89 bits per heavy atom. The molecule has 0 radical (unpaired) electrons. The van der Waals surface area contributed by atoms with Crippen LogP contribution in [-0.4, -0.2) is 10.1 Å². The van der Waals surface area contributed by atoms with E-state index >= 15 is 0 Å². The molecular weight excluding hydrogens is 254 g/mol. The van der Waals surface area contributed by atoms with Crippen LogP contribution < -0.4 is 0 Å². The third-order valence-corrected chi connectivity index (χ3v) is 4.53. The lowest BCUT2D eigenvalue weighted by Gasteiger charge is -2.09. The number of aryl methyl sites for hydroxylation is 1. The van der Waals surface area contributed by atoms with Gasteiger partial charge in [-0.2, -0.15) is 0 Å². The second-order valence-corrected chi connectivity index (χ2v) is 5.72. The maximum absolute atomic E-state index is 10.4. The summed E-state index contributed by atoms with van der Waals surface area (Å²) >= 11 is 1.67. The Morgan fingerprint density at radius 2 is 2.11 bits per heavy atom. The van der Waals surface area contributed by atoms with Gasteiger partial charge in [-0.3, -0.25) is 4.98 Å². The average molecular weight is 269 g/mol. The van der Waals surface area contributed by atoms with E-state index in [0.717, 1.165) is 27.8 Å². The lowest BCUT2D eigenvalue weighted by Crippen LogP contribution is -1.97. The van der Waals surface area contributed by atoms with E-state index < -0.39 is 6.10 Å². The molecule has 2 nitrogen and oxygen atoms in total. The van der Waals surface area contributed by atoms with Crippen molar-refractivity contribution in [2.45, 2.75) is 19.4 Å². The first-order chi connectivity index (χ1) is 9.28. The zero-order chi connectivity index (χ0) is 13.2. The van der Waals surface area contributed by atoms with Crippen LogP contribution in [0.25, 0.3) is 10.9 Å². The molecule has 1 aromatic carbocycles. The number of benzene rings is 1. The van der Waals surface area contributed by atoms with E-state index in [4.69, 9.17) is 0 Å². The molecule has 0 aliphatic carbocycles. The summed E-state index contributed by atoms with van der Waals surface area (Å²) in [5.41, 5.74) is 1.82. The van der Waals surface area contributed by atoms with Gasteiger partial charge in [0, 0.05) is 21.3 Å². The number of aliphatic hydroxyl groups is 1. The van der Waals surface area contributed by atoms with Crippen molar-refractivity contribution in [1.82, 2.24) is 4.98 Å². The van der Waals surface area contributed by atoms with Crippen LogP contribution in [0.5, 0.6) is 0 Å². The minimum Gasteiger partial charge on any atom is -0.383 e. The van der Waals surface area contributed by atoms with Gasteiger partial charge in [0.1, 0.15) is 6.10 Å². The number of aliphatic hydroxyl groups excluding tert-OH is 1. The second-order valence-electron chi connectivity index (χ2n) is 4.52. The predicted molar refractivity (Wildman–Crippen MR) is 79.5 cm³/mol. The number of hydrogen-bond acceptors (Lipinski definition) is 3. The minimum atomic E-state index is -0.559. The number of nitrogens with zero attached hydrogens (tertiary/aromatic N) is 1. The molecule has 0 saturated heterocycles. The summed E-state index contributed by atoms with van der Waals surface area (Å²) in [5, 5.41) is 11.5. The Labute approximate surface area is 116 Å². The molecule has 0 spiro atoms. The molecule has 0 aliphatic rings. The highest BCUT2D eigenvalue weighted by molar-refractivity contribution is 7.12. The summed E-state index contributed by atoms with van der Waals surface area (Å²) in [6.07, 6.45) is 2.23. The maximum Gasteiger partial charge on any atom is 0.113 e. The molecule has 2 heterocycles. The zero-order valence-electron chi connectivity index (χ0n) is 10.7. The number of aromatic nitrogens is 1. The Bertz CT molecular complexity index is 705. The minimum absolute atomic E-state index is 0.559. The fraction of sp³-hybridized carbons (Fsp3) is 0.188. The molecule has 0 fully saturated rings. The third-order valence-electron chi connectivity index (χ3n) is 3.25. The van der Waals surface area contributed by atoms with Gasteiger partial charge in [-0.05, 0) is 36.2 Å². The highest BCUT2D eigenvalue weighted by Gasteiger charge is 2.13. The zero-order valence-corrected chi connectivity index (χ0v) is 11.5. The fourth-order valence-corrected chi connectivity index (χ4v) is 3.12. The Morgan fingerprint density at radius 1 is 1.21 bits per heavy atom. The molecule has 19 heavy (non-hydrogen) atoms. The number of pyridine rings is 1. The maximum atomic E-state index is 10.4. The normalized spacial score (nSPS) is 12.7. The second kappa shape index (κ2) is 5.11. The highest BCUT2D eigenvalue weighted by Crippen LogP contribution is 2.29. The van der Waals surface area contributed by atoms with Crippen molar-refractivity contribution in [2.75, 3.05) is 0 Å². The smallest absolute Gasteiger partial charge is 0.113 e. The Kier molecular flexibility index (Phi) is 3.32. The molecule has 0 aliphatic heterocycles. The molecule has 0 amide bonds. The van der Waals surface area contributed by atoms with Gasteiger partial charge < -0.3 is 5.11 Å². The van der Waals surface area contributed by atoms with Crippen LogP contribution in [0.2, 0.25) is 0 Å². The van der Waals surface area contributed by atoms with E-state index in [2.05, 4.69) is 18.0 Å². The summed E-state index contributed by atoms with van der Waals surface area (Å²) in [7, 11) is 0. The largest absolute Gasteiger partial charge is 0.383 e. The highest BCUT2D eigenvalue weighted by atomic mass is 32.1. The van der Waals surface area contributed by atoms with E-state index in [1.807, 2.05) is 36.4 Å². The monoisotopic (exact) mass is 269 g/mol. The van der Waals surface area contributed by atoms with Crippen LogP contribution in [0.4, 0.5) is 0 Å². The van der Waals surface area contributed by atoms with Crippen LogP contribution >= 0.6 is 11.3 Å². The first-order valence-electron chi connectivity index (χ1n) is 6.39. The topological polar surface area (TPSA) is 33.1 Å². The number of hydrogen-bond donors (Lipinski definition) is 1. The first-order valence-corrected chi connectivity index (χ1v) is 7.21. The summed E-state index contributed by atoms with van der Waals surface area (Å²) in [6, 6.07) is 14.0. The molecule has 1 unspecified atom stereocenters. The van der Waals surface area contributed by atoms with Gasteiger partial charge in [-0.25, -0.2) is 0 Å². The number of rotatable bonds is 3. The van der Waals surface area contributed by atoms with Crippen LogP contribution in [0.1, 0.15) is 28.3 Å². The van der Waals surface area contributed by atoms with Gasteiger partial charge >= 0.3 is 0 Å². The number of thiophene rings is 1. The standard InChI is InChI=1S/C16H15NOS/c1-2-13-7-8-15(19-13)16(18)12-6-5-11-4-3-9-17-14(11)10-12/h3-10,16,18H,2H2,1H3. The van der Waals surface area contributed by atoms with Crippen molar-refractivity contribution >= 4 is 22.2 Å². The van der Waals surface area contributed by atoms with Crippen LogP contribution in [0, 0.1) is 0 Å². The molecule has 0 saturated carbocycles. The van der Waals surface area contributed by atoms with Crippen LogP contribution in [-0.2, 0) is 6.42 Å². The lowest BCUT2D eigenvalue weighted by molar-refractivity contribution is 0.224. The summed E-state index contributed by atoms with van der Waals surface area (Å²) < 4.78 is 0. The van der Waals surface area contributed by atoms with E-state index in [0.29, 0.717) is 0 Å². The van der Waals surface area contributed by atoms with Crippen molar-refractivity contribution in [3.63, 3.8) is 0 Å². The fourth-order valence-electron chi connectivity index (χ4n) is 2.15. The molecule has 1 atom stereocenters. The van der Waals surface area contributed by atoms with Gasteiger partial charge in [0.05, 0.1) is 5.52 Å². The van der Waals surface area contributed by atoms with Crippen LogP contribution in [0.15, 0.2) is 48.7 Å². The summed E-state index contributed by atoms with van der Waals surface area (Å²) in [4.78, 5) is 6.62. The molecule has 3 rings (SSSR count).